The maximum absolute atomic E-state index is 13.7. The Bertz CT molecular complexity index is 460. The molecule has 18 heavy (non-hydrogen) atoms. The van der Waals surface area contributed by atoms with E-state index < -0.39 is 17.5 Å². The van der Waals surface area contributed by atoms with Gasteiger partial charge in [0.2, 0.25) is 0 Å². The van der Waals surface area contributed by atoms with Gasteiger partial charge in [0.1, 0.15) is 5.82 Å². The number of hydrogen-bond acceptors (Lipinski definition) is 2. The molecule has 1 aromatic rings. The molecule has 1 unspecified atom stereocenters. The number of nitrogens with zero attached hydrogens (tertiary/aromatic N) is 1. The number of nitrogens with one attached hydrogen (secondary N) is 1. The Morgan fingerprint density at radius 2 is 1.94 bits per heavy atom. The quantitative estimate of drug-likeness (QED) is 0.817. The second-order valence-corrected chi connectivity index (χ2v) is 5.06. The minimum atomic E-state index is -1.12. The lowest BCUT2D eigenvalue weighted by molar-refractivity contribution is 0.411. The summed E-state index contributed by atoms with van der Waals surface area (Å²) in [6, 6.07) is 1.97. The second kappa shape index (κ2) is 4.46. The van der Waals surface area contributed by atoms with Gasteiger partial charge in [-0.2, -0.15) is 0 Å². The number of hydrogen-bond donors (Lipinski definition) is 1. The zero-order valence-electron chi connectivity index (χ0n) is 9.93. The minimum Gasteiger partial charge on any atom is -0.366 e. The van der Waals surface area contributed by atoms with Gasteiger partial charge in [-0.1, -0.05) is 0 Å². The van der Waals surface area contributed by atoms with Crippen LogP contribution in [-0.4, -0.2) is 25.7 Å². The highest BCUT2D eigenvalue weighted by molar-refractivity contribution is 5.49. The SMILES string of the molecule is Fc1cc(F)c(F)c(N2CCNC(C3CC3)C2)c1. The predicted molar refractivity (Wildman–Crippen MR) is 63.0 cm³/mol. The fourth-order valence-electron chi connectivity index (χ4n) is 2.58. The largest absolute Gasteiger partial charge is 0.366 e. The summed E-state index contributed by atoms with van der Waals surface area (Å²) in [4.78, 5) is 1.74. The van der Waals surface area contributed by atoms with E-state index in [2.05, 4.69) is 5.32 Å². The van der Waals surface area contributed by atoms with E-state index in [-0.39, 0.29) is 5.69 Å². The molecule has 2 fully saturated rings. The van der Waals surface area contributed by atoms with Crippen LogP contribution in [0.3, 0.4) is 0 Å². The zero-order chi connectivity index (χ0) is 12.7. The first-order valence-electron chi connectivity index (χ1n) is 6.28. The van der Waals surface area contributed by atoms with Gasteiger partial charge < -0.3 is 10.2 Å². The molecule has 1 N–H and O–H groups in total. The van der Waals surface area contributed by atoms with Crippen molar-refractivity contribution >= 4 is 5.69 Å². The van der Waals surface area contributed by atoms with Crippen molar-refractivity contribution in [3.63, 3.8) is 0 Å². The van der Waals surface area contributed by atoms with Crippen LogP contribution in [0, 0.1) is 23.4 Å². The van der Waals surface area contributed by atoms with E-state index in [9.17, 15) is 13.2 Å². The van der Waals surface area contributed by atoms with Gasteiger partial charge in [-0.05, 0) is 18.8 Å². The highest BCUT2D eigenvalue weighted by atomic mass is 19.2. The molecule has 1 heterocycles. The Hall–Kier alpha value is -1.23. The molecule has 0 bridgehead atoms. The van der Waals surface area contributed by atoms with Crippen LogP contribution in [0.15, 0.2) is 12.1 Å². The van der Waals surface area contributed by atoms with Crippen molar-refractivity contribution in [1.82, 2.24) is 5.32 Å². The molecule has 1 saturated heterocycles. The van der Waals surface area contributed by atoms with Crippen molar-refractivity contribution in [1.29, 1.82) is 0 Å². The Balaban J connectivity index is 1.84. The van der Waals surface area contributed by atoms with Crippen LogP contribution in [-0.2, 0) is 0 Å². The standard InChI is InChI=1S/C13H15F3N2/c14-9-5-10(15)13(16)12(6-9)18-4-3-17-11(7-18)8-1-2-8/h5-6,8,11,17H,1-4,7H2. The van der Waals surface area contributed by atoms with Crippen molar-refractivity contribution in [3.05, 3.63) is 29.6 Å². The lowest BCUT2D eigenvalue weighted by Crippen LogP contribution is -2.52. The van der Waals surface area contributed by atoms with Crippen LogP contribution in [0.2, 0.25) is 0 Å². The Labute approximate surface area is 104 Å². The van der Waals surface area contributed by atoms with Crippen molar-refractivity contribution in [2.45, 2.75) is 18.9 Å². The average Bonchev–Trinajstić information content (AvgIpc) is 3.18. The summed E-state index contributed by atoms with van der Waals surface area (Å²) in [6.07, 6.45) is 2.37. The predicted octanol–water partition coefficient (Wildman–Crippen LogP) is 2.29. The Morgan fingerprint density at radius 1 is 1.17 bits per heavy atom. The summed E-state index contributed by atoms with van der Waals surface area (Å²) in [7, 11) is 0. The lowest BCUT2D eigenvalue weighted by atomic mass is 10.1. The van der Waals surface area contributed by atoms with Gasteiger partial charge in [-0.3, -0.25) is 0 Å². The molecule has 1 aromatic carbocycles. The van der Waals surface area contributed by atoms with E-state index in [1.807, 2.05) is 0 Å². The number of rotatable bonds is 2. The monoisotopic (exact) mass is 256 g/mol. The molecule has 0 spiro atoms. The molecular formula is C13H15F3N2. The maximum Gasteiger partial charge on any atom is 0.182 e. The third-order valence-corrected chi connectivity index (χ3v) is 3.71. The van der Waals surface area contributed by atoms with Gasteiger partial charge in [-0.15, -0.1) is 0 Å². The van der Waals surface area contributed by atoms with Crippen LogP contribution in [0.25, 0.3) is 0 Å². The molecule has 2 aliphatic rings. The second-order valence-electron chi connectivity index (χ2n) is 5.06. The Morgan fingerprint density at radius 3 is 2.67 bits per heavy atom. The van der Waals surface area contributed by atoms with Gasteiger partial charge >= 0.3 is 0 Å². The third-order valence-electron chi connectivity index (χ3n) is 3.71. The van der Waals surface area contributed by atoms with Gasteiger partial charge in [0.05, 0.1) is 5.69 Å². The van der Waals surface area contributed by atoms with Crippen LogP contribution >= 0.6 is 0 Å². The first-order valence-corrected chi connectivity index (χ1v) is 6.28. The number of halogens is 3. The lowest BCUT2D eigenvalue weighted by Gasteiger charge is -2.35. The van der Waals surface area contributed by atoms with Crippen molar-refractivity contribution in [2.75, 3.05) is 24.5 Å². The van der Waals surface area contributed by atoms with Gasteiger partial charge in [0, 0.05) is 37.8 Å². The van der Waals surface area contributed by atoms with Crippen LogP contribution in [0.4, 0.5) is 18.9 Å². The van der Waals surface area contributed by atoms with E-state index in [0.29, 0.717) is 31.1 Å². The molecule has 1 aliphatic carbocycles. The van der Waals surface area contributed by atoms with E-state index >= 15 is 0 Å². The summed E-state index contributed by atoms with van der Waals surface area (Å²) in [5, 5.41) is 3.38. The van der Waals surface area contributed by atoms with Crippen molar-refractivity contribution < 1.29 is 13.2 Å². The van der Waals surface area contributed by atoms with E-state index in [0.717, 1.165) is 12.6 Å². The molecular weight excluding hydrogens is 241 g/mol. The molecule has 2 nitrogen and oxygen atoms in total. The summed E-state index contributed by atoms with van der Waals surface area (Å²) in [6.45, 7) is 1.91. The normalized spacial score (nSPS) is 24.4. The maximum atomic E-state index is 13.7. The zero-order valence-corrected chi connectivity index (χ0v) is 9.93. The first-order chi connectivity index (χ1) is 8.65. The van der Waals surface area contributed by atoms with Crippen molar-refractivity contribution in [2.24, 2.45) is 5.92 Å². The number of benzene rings is 1. The third kappa shape index (κ3) is 2.19. The van der Waals surface area contributed by atoms with Crippen LogP contribution < -0.4 is 10.2 Å². The number of piperazine rings is 1. The van der Waals surface area contributed by atoms with E-state index in [1.165, 1.54) is 12.8 Å². The fraction of sp³-hybridized carbons (Fsp3) is 0.538. The highest BCUT2D eigenvalue weighted by Crippen LogP contribution is 2.35. The molecule has 1 aliphatic heterocycles. The minimum absolute atomic E-state index is 0.0413. The smallest absolute Gasteiger partial charge is 0.182 e. The molecule has 1 saturated carbocycles. The molecule has 3 rings (SSSR count). The molecule has 0 amide bonds. The van der Waals surface area contributed by atoms with Crippen molar-refractivity contribution in [3.8, 4) is 0 Å². The molecule has 5 heteroatoms. The molecule has 0 aromatic heterocycles. The van der Waals surface area contributed by atoms with Crippen LogP contribution in [0.5, 0.6) is 0 Å². The van der Waals surface area contributed by atoms with E-state index in [1.54, 1.807) is 4.90 Å². The van der Waals surface area contributed by atoms with Gasteiger partial charge in [0.25, 0.3) is 0 Å². The topological polar surface area (TPSA) is 15.3 Å². The summed E-state index contributed by atoms with van der Waals surface area (Å²) < 4.78 is 40.1. The fourth-order valence-corrected chi connectivity index (χ4v) is 2.58. The molecule has 98 valence electrons. The summed E-state index contributed by atoms with van der Waals surface area (Å²) >= 11 is 0. The van der Waals surface area contributed by atoms with Gasteiger partial charge in [0.15, 0.2) is 11.6 Å². The average molecular weight is 256 g/mol. The van der Waals surface area contributed by atoms with E-state index in [4.69, 9.17) is 0 Å². The van der Waals surface area contributed by atoms with Gasteiger partial charge in [-0.25, -0.2) is 13.2 Å². The Kier molecular flexibility index (Phi) is 2.93. The molecule has 1 atom stereocenters. The first kappa shape index (κ1) is 11.8. The highest BCUT2D eigenvalue weighted by Gasteiger charge is 2.34. The van der Waals surface area contributed by atoms with Crippen LogP contribution in [0.1, 0.15) is 12.8 Å². The number of anilines is 1. The molecule has 0 radical (unpaired) electrons. The summed E-state index contributed by atoms with van der Waals surface area (Å²) in [5.74, 6) is -2.17. The summed E-state index contributed by atoms with van der Waals surface area (Å²) in [5.41, 5.74) is 0.0413.